The van der Waals surface area contributed by atoms with Crippen molar-refractivity contribution in [1.82, 2.24) is 0 Å². The molecule has 1 amide bonds. The largest absolute Gasteiger partial charge is 0.396 e. The van der Waals surface area contributed by atoms with E-state index < -0.39 is 0 Å². The van der Waals surface area contributed by atoms with E-state index in [2.05, 4.69) is 10.6 Å². The number of carbonyl (C=O) groups is 1. The van der Waals surface area contributed by atoms with Gasteiger partial charge in [0, 0.05) is 30.1 Å². The number of nitrogens with one attached hydrogen (secondary N) is 2. The van der Waals surface area contributed by atoms with Crippen molar-refractivity contribution in [1.29, 1.82) is 0 Å². The molecule has 2 aromatic rings. The lowest BCUT2D eigenvalue weighted by molar-refractivity contribution is 0.102. The molecule has 0 saturated heterocycles. The van der Waals surface area contributed by atoms with Gasteiger partial charge >= 0.3 is 0 Å². The number of rotatable bonds is 6. The molecule has 2 aromatic carbocycles. The van der Waals surface area contributed by atoms with Crippen molar-refractivity contribution in [3.05, 3.63) is 59.7 Å². The third kappa shape index (κ3) is 4.33. The summed E-state index contributed by atoms with van der Waals surface area (Å²) in [4.78, 5) is 12.1. The zero-order valence-electron chi connectivity index (χ0n) is 12.1. The van der Waals surface area contributed by atoms with Crippen LogP contribution >= 0.6 is 0 Å². The van der Waals surface area contributed by atoms with Gasteiger partial charge in [0.1, 0.15) is 0 Å². The third-order valence-corrected chi connectivity index (χ3v) is 3.14. The number of amides is 1. The average Bonchev–Trinajstić information content (AvgIpc) is 2.50. The molecular weight excluding hydrogens is 264 g/mol. The molecule has 21 heavy (non-hydrogen) atoms. The van der Waals surface area contributed by atoms with Crippen LogP contribution in [-0.4, -0.2) is 24.2 Å². The summed E-state index contributed by atoms with van der Waals surface area (Å²) in [6.45, 7) is 3.01. The molecule has 2 rings (SSSR count). The van der Waals surface area contributed by atoms with Crippen molar-refractivity contribution in [3.63, 3.8) is 0 Å². The summed E-state index contributed by atoms with van der Waals surface area (Å²) < 4.78 is 0. The minimum atomic E-state index is -0.132. The predicted octanol–water partition coefficient (Wildman–Crippen LogP) is 2.91. The molecule has 0 spiro atoms. The summed E-state index contributed by atoms with van der Waals surface area (Å²) >= 11 is 0. The van der Waals surface area contributed by atoms with E-state index in [1.165, 1.54) is 0 Å². The number of carbonyl (C=O) groups excluding carboxylic acids is 1. The fourth-order valence-electron chi connectivity index (χ4n) is 2.03. The number of hydrogen-bond acceptors (Lipinski definition) is 3. The van der Waals surface area contributed by atoms with Gasteiger partial charge < -0.3 is 15.7 Å². The third-order valence-electron chi connectivity index (χ3n) is 3.14. The Hall–Kier alpha value is -2.33. The monoisotopic (exact) mass is 284 g/mol. The second-order valence-electron chi connectivity index (χ2n) is 4.73. The van der Waals surface area contributed by atoms with Gasteiger partial charge in [0.05, 0.1) is 0 Å². The first kappa shape index (κ1) is 15.1. The first-order chi connectivity index (χ1) is 10.2. The molecule has 0 atom stereocenters. The number of aliphatic hydroxyl groups is 1. The van der Waals surface area contributed by atoms with Gasteiger partial charge in [0.2, 0.25) is 0 Å². The Bertz CT molecular complexity index is 577. The molecule has 110 valence electrons. The standard InChI is InChI=1S/C17H20N2O2/c1-2-18-15-9-5-14(6-10-15)17(21)19-16-7-3-13(4-8-16)11-12-20/h3-10,18,20H,2,11-12H2,1H3,(H,19,21). The van der Waals surface area contributed by atoms with Gasteiger partial charge in [-0.15, -0.1) is 0 Å². The van der Waals surface area contributed by atoms with E-state index in [4.69, 9.17) is 5.11 Å². The molecule has 0 aromatic heterocycles. The molecule has 0 aliphatic rings. The lowest BCUT2D eigenvalue weighted by Gasteiger charge is -2.07. The second-order valence-corrected chi connectivity index (χ2v) is 4.73. The van der Waals surface area contributed by atoms with Gasteiger partial charge in [0.25, 0.3) is 5.91 Å². The maximum atomic E-state index is 12.1. The highest BCUT2D eigenvalue weighted by atomic mass is 16.2. The van der Waals surface area contributed by atoms with Crippen LogP contribution in [0.1, 0.15) is 22.8 Å². The summed E-state index contributed by atoms with van der Waals surface area (Å²) in [6, 6.07) is 14.9. The van der Waals surface area contributed by atoms with Gasteiger partial charge in [0.15, 0.2) is 0 Å². The fraction of sp³-hybridized carbons (Fsp3) is 0.235. The van der Waals surface area contributed by atoms with Crippen molar-refractivity contribution in [3.8, 4) is 0 Å². The van der Waals surface area contributed by atoms with Crippen LogP contribution in [0.2, 0.25) is 0 Å². The molecule has 4 nitrogen and oxygen atoms in total. The van der Waals surface area contributed by atoms with E-state index in [0.717, 1.165) is 23.5 Å². The second kappa shape index (κ2) is 7.45. The van der Waals surface area contributed by atoms with Gasteiger partial charge in [-0.05, 0) is 55.3 Å². The van der Waals surface area contributed by atoms with Crippen LogP contribution in [-0.2, 0) is 6.42 Å². The Labute approximate surface area is 124 Å². The number of benzene rings is 2. The Kier molecular flexibility index (Phi) is 5.35. The highest BCUT2D eigenvalue weighted by Crippen LogP contribution is 2.13. The maximum absolute atomic E-state index is 12.1. The van der Waals surface area contributed by atoms with Crippen molar-refractivity contribution >= 4 is 17.3 Å². The SMILES string of the molecule is CCNc1ccc(C(=O)Nc2ccc(CCO)cc2)cc1. The van der Waals surface area contributed by atoms with Gasteiger partial charge in [-0.2, -0.15) is 0 Å². The molecule has 0 bridgehead atoms. The molecule has 0 aliphatic carbocycles. The van der Waals surface area contributed by atoms with Gasteiger partial charge in [-0.25, -0.2) is 0 Å². The Morgan fingerprint density at radius 1 is 1.00 bits per heavy atom. The normalized spacial score (nSPS) is 10.2. The van der Waals surface area contributed by atoms with E-state index in [1.54, 1.807) is 12.1 Å². The van der Waals surface area contributed by atoms with Crippen LogP contribution in [0.3, 0.4) is 0 Å². The molecule has 0 heterocycles. The van der Waals surface area contributed by atoms with Crippen LogP contribution in [0.4, 0.5) is 11.4 Å². The molecule has 3 N–H and O–H groups in total. The van der Waals surface area contributed by atoms with Crippen molar-refractivity contribution in [2.24, 2.45) is 0 Å². The molecule has 0 radical (unpaired) electrons. The summed E-state index contributed by atoms with van der Waals surface area (Å²) in [7, 11) is 0. The lowest BCUT2D eigenvalue weighted by atomic mass is 10.1. The summed E-state index contributed by atoms with van der Waals surface area (Å²) in [5, 5.41) is 14.9. The molecule has 0 saturated carbocycles. The van der Waals surface area contributed by atoms with Gasteiger partial charge in [-0.1, -0.05) is 12.1 Å². The smallest absolute Gasteiger partial charge is 0.255 e. The number of anilines is 2. The van der Waals surface area contributed by atoms with Crippen LogP contribution in [0.25, 0.3) is 0 Å². The highest BCUT2D eigenvalue weighted by Gasteiger charge is 2.05. The van der Waals surface area contributed by atoms with E-state index >= 15 is 0 Å². The average molecular weight is 284 g/mol. The van der Waals surface area contributed by atoms with Crippen molar-refractivity contribution < 1.29 is 9.90 Å². The zero-order chi connectivity index (χ0) is 15.1. The Balaban J connectivity index is 2.00. The molecule has 4 heteroatoms. The summed E-state index contributed by atoms with van der Waals surface area (Å²) in [5.41, 5.74) is 3.42. The van der Waals surface area contributed by atoms with Gasteiger partial charge in [-0.3, -0.25) is 4.79 Å². The fourth-order valence-corrected chi connectivity index (χ4v) is 2.03. The Morgan fingerprint density at radius 2 is 1.62 bits per heavy atom. The van der Waals surface area contributed by atoms with Crippen molar-refractivity contribution in [2.45, 2.75) is 13.3 Å². The zero-order valence-corrected chi connectivity index (χ0v) is 12.1. The van der Waals surface area contributed by atoms with Crippen LogP contribution < -0.4 is 10.6 Å². The lowest BCUT2D eigenvalue weighted by Crippen LogP contribution is -2.12. The van der Waals surface area contributed by atoms with Crippen LogP contribution in [0.5, 0.6) is 0 Å². The molecule has 0 fully saturated rings. The minimum Gasteiger partial charge on any atom is -0.396 e. The number of hydrogen-bond donors (Lipinski definition) is 3. The molecule has 0 aliphatic heterocycles. The van der Waals surface area contributed by atoms with E-state index in [9.17, 15) is 4.79 Å². The summed E-state index contributed by atoms with van der Waals surface area (Å²) in [6.07, 6.45) is 0.625. The predicted molar refractivity (Wildman–Crippen MR) is 85.8 cm³/mol. The molecule has 0 unspecified atom stereocenters. The minimum absolute atomic E-state index is 0.129. The topological polar surface area (TPSA) is 61.4 Å². The molecular formula is C17H20N2O2. The van der Waals surface area contributed by atoms with E-state index in [1.807, 2.05) is 43.3 Å². The first-order valence-corrected chi connectivity index (χ1v) is 7.08. The Morgan fingerprint density at radius 3 is 2.19 bits per heavy atom. The van der Waals surface area contributed by atoms with E-state index in [-0.39, 0.29) is 12.5 Å². The van der Waals surface area contributed by atoms with Crippen LogP contribution in [0.15, 0.2) is 48.5 Å². The summed E-state index contributed by atoms with van der Waals surface area (Å²) in [5.74, 6) is -0.132. The van der Waals surface area contributed by atoms with Crippen molar-refractivity contribution in [2.75, 3.05) is 23.8 Å². The quantitative estimate of drug-likeness (QED) is 0.764. The highest BCUT2D eigenvalue weighted by molar-refractivity contribution is 6.04. The maximum Gasteiger partial charge on any atom is 0.255 e. The van der Waals surface area contributed by atoms with E-state index in [0.29, 0.717) is 12.0 Å². The first-order valence-electron chi connectivity index (χ1n) is 7.08. The van der Waals surface area contributed by atoms with Crippen LogP contribution in [0, 0.1) is 0 Å². The number of aliphatic hydroxyl groups excluding tert-OH is 1.